The summed E-state index contributed by atoms with van der Waals surface area (Å²) in [6.45, 7) is 0. The molecule has 5 heteroatoms. The minimum absolute atomic E-state index is 0.0186. The Hall–Kier alpha value is -1.98. The van der Waals surface area contributed by atoms with Crippen LogP contribution in [0.5, 0.6) is 0 Å². The monoisotopic (exact) mass is 339 g/mol. The first-order valence-electron chi connectivity index (χ1n) is 8.38. The lowest BCUT2D eigenvalue weighted by molar-refractivity contribution is 0.0931. The minimum Gasteiger partial charge on any atom is -0.398 e. The van der Waals surface area contributed by atoms with Crippen molar-refractivity contribution in [2.45, 2.75) is 47.2 Å². The molecule has 4 rings (SSSR count). The molecule has 2 aromatic rings. The second-order valence-corrected chi connectivity index (χ2v) is 7.64. The maximum atomic E-state index is 12.4. The van der Waals surface area contributed by atoms with Crippen LogP contribution in [0.4, 0.5) is 5.69 Å². The summed E-state index contributed by atoms with van der Waals surface area (Å²) in [6, 6.07) is 16.8. The lowest BCUT2D eigenvalue weighted by atomic mass is 9.95. The normalized spacial score (nSPS) is 24.9. The van der Waals surface area contributed by atoms with Crippen molar-refractivity contribution in [3.63, 3.8) is 0 Å². The van der Waals surface area contributed by atoms with Crippen molar-refractivity contribution >= 4 is 23.4 Å². The standard InChI is InChI=1S/C19H21N3OS/c20-15-3-1-2-4-18(15)24-14-8-5-12(6-9-14)19(23)22-17-11-13-7-10-16(17)21-13/h1-6,8-9,13,16-17,21H,7,10-11,20H2,(H,22,23). The molecule has 3 atom stereocenters. The van der Waals surface area contributed by atoms with Crippen LogP contribution in [0.15, 0.2) is 58.3 Å². The van der Waals surface area contributed by atoms with Gasteiger partial charge in [-0.15, -0.1) is 0 Å². The van der Waals surface area contributed by atoms with Crippen LogP contribution >= 0.6 is 11.8 Å². The number of carbonyl (C=O) groups excluding carboxylic acids is 1. The summed E-state index contributed by atoms with van der Waals surface area (Å²) >= 11 is 1.61. The number of nitrogens with one attached hydrogen (secondary N) is 2. The van der Waals surface area contributed by atoms with E-state index in [0.717, 1.165) is 21.9 Å². The van der Waals surface area contributed by atoms with Gasteiger partial charge < -0.3 is 16.4 Å². The summed E-state index contributed by atoms with van der Waals surface area (Å²) in [7, 11) is 0. The Morgan fingerprint density at radius 1 is 1.12 bits per heavy atom. The Morgan fingerprint density at radius 2 is 1.92 bits per heavy atom. The molecule has 2 fully saturated rings. The van der Waals surface area contributed by atoms with E-state index in [1.807, 2.05) is 48.5 Å². The van der Waals surface area contributed by atoms with E-state index >= 15 is 0 Å². The van der Waals surface area contributed by atoms with Crippen molar-refractivity contribution in [1.82, 2.24) is 10.6 Å². The number of rotatable bonds is 4. The zero-order valence-electron chi connectivity index (χ0n) is 13.4. The third kappa shape index (κ3) is 3.14. The topological polar surface area (TPSA) is 67.2 Å². The van der Waals surface area contributed by atoms with Gasteiger partial charge in [0, 0.05) is 39.2 Å². The van der Waals surface area contributed by atoms with Gasteiger partial charge in [0.2, 0.25) is 0 Å². The number of benzene rings is 2. The largest absolute Gasteiger partial charge is 0.398 e. The lowest BCUT2D eigenvalue weighted by Gasteiger charge is -2.21. The number of hydrogen-bond acceptors (Lipinski definition) is 4. The van der Waals surface area contributed by atoms with Gasteiger partial charge in [-0.3, -0.25) is 4.79 Å². The summed E-state index contributed by atoms with van der Waals surface area (Å²) in [4.78, 5) is 14.5. The number of amides is 1. The fraction of sp³-hybridized carbons (Fsp3) is 0.316. The molecule has 1 amide bonds. The fourth-order valence-corrected chi connectivity index (χ4v) is 4.47. The quantitative estimate of drug-likeness (QED) is 0.749. The maximum absolute atomic E-state index is 12.4. The Morgan fingerprint density at radius 3 is 2.58 bits per heavy atom. The van der Waals surface area contributed by atoms with Crippen LogP contribution in [0, 0.1) is 0 Å². The number of para-hydroxylation sites is 1. The van der Waals surface area contributed by atoms with Crippen LogP contribution < -0.4 is 16.4 Å². The highest BCUT2D eigenvalue weighted by Gasteiger charge is 2.39. The molecular weight excluding hydrogens is 318 g/mol. The van der Waals surface area contributed by atoms with Crippen molar-refractivity contribution in [1.29, 1.82) is 0 Å². The van der Waals surface area contributed by atoms with Gasteiger partial charge in [-0.25, -0.2) is 0 Å². The van der Waals surface area contributed by atoms with Crippen molar-refractivity contribution < 1.29 is 4.79 Å². The van der Waals surface area contributed by atoms with E-state index in [-0.39, 0.29) is 11.9 Å². The Bertz CT molecular complexity index is 747. The molecule has 0 saturated carbocycles. The fourth-order valence-electron chi connectivity index (χ4n) is 3.61. The van der Waals surface area contributed by atoms with E-state index in [9.17, 15) is 4.79 Å². The first kappa shape index (κ1) is 15.5. The molecule has 0 aliphatic carbocycles. The second kappa shape index (κ2) is 6.49. The van der Waals surface area contributed by atoms with Gasteiger partial charge >= 0.3 is 0 Å². The van der Waals surface area contributed by atoms with E-state index in [0.29, 0.717) is 17.6 Å². The summed E-state index contributed by atoms with van der Waals surface area (Å²) in [5.41, 5.74) is 7.46. The molecule has 2 aliphatic heterocycles. The van der Waals surface area contributed by atoms with Crippen molar-refractivity contribution in [2.75, 3.05) is 5.73 Å². The number of nitrogens with two attached hydrogens (primary N) is 1. The number of carbonyl (C=O) groups is 1. The summed E-state index contributed by atoms with van der Waals surface area (Å²) in [6.07, 6.45) is 3.47. The molecule has 2 heterocycles. The predicted octanol–water partition coefficient (Wildman–Crippen LogP) is 3.04. The highest BCUT2D eigenvalue weighted by atomic mass is 32.2. The highest BCUT2D eigenvalue weighted by molar-refractivity contribution is 7.99. The van der Waals surface area contributed by atoms with Crippen LogP contribution in [0.25, 0.3) is 0 Å². The Kier molecular flexibility index (Phi) is 4.21. The Labute approximate surface area is 146 Å². The van der Waals surface area contributed by atoms with Crippen LogP contribution in [0.3, 0.4) is 0 Å². The van der Waals surface area contributed by atoms with Gasteiger partial charge in [-0.05, 0) is 55.7 Å². The first-order valence-corrected chi connectivity index (χ1v) is 9.20. The van der Waals surface area contributed by atoms with Gasteiger partial charge in [0.15, 0.2) is 0 Å². The number of hydrogen-bond donors (Lipinski definition) is 3. The van der Waals surface area contributed by atoms with Crippen molar-refractivity contribution in [3.05, 3.63) is 54.1 Å². The van der Waals surface area contributed by atoms with Crippen molar-refractivity contribution in [3.8, 4) is 0 Å². The van der Waals surface area contributed by atoms with E-state index in [4.69, 9.17) is 5.73 Å². The van der Waals surface area contributed by atoms with E-state index in [1.165, 1.54) is 12.8 Å². The molecule has 124 valence electrons. The average molecular weight is 339 g/mol. The molecule has 24 heavy (non-hydrogen) atoms. The number of anilines is 1. The second-order valence-electron chi connectivity index (χ2n) is 6.53. The van der Waals surface area contributed by atoms with Gasteiger partial charge in [-0.1, -0.05) is 23.9 Å². The van der Waals surface area contributed by atoms with E-state index in [2.05, 4.69) is 10.6 Å². The molecule has 2 aliphatic rings. The molecule has 0 aromatic heterocycles. The minimum atomic E-state index is 0.0186. The van der Waals surface area contributed by atoms with Crippen molar-refractivity contribution in [2.24, 2.45) is 0 Å². The van der Waals surface area contributed by atoms with Crippen LogP contribution in [0.1, 0.15) is 29.6 Å². The molecule has 4 nitrogen and oxygen atoms in total. The summed E-state index contributed by atoms with van der Waals surface area (Å²) in [5, 5.41) is 6.72. The van der Waals surface area contributed by atoms with Gasteiger partial charge in [0.05, 0.1) is 0 Å². The molecule has 0 spiro atoms. The average Bonchev–Trinajstić information content (AvgIpc) is 3.20. The van der Waals surface area contributed by atoms with E-state index in [1.54, 1.807) is 11.8 Å². The molecular formula is C19H21N3OS. The SMILES string of the molecule is Nc1ccccc1Sc1ccc(C(=O)NC2CC3CCC2N3)cc1. The predicted molar refractivity (Wildman–Crippen MR) is 97.2 cm³/mol. The molecule has 0 radical (unpaired) electrons. The summed E-state index contributed by atoms with van der Waals surface area (Å²) < 4.78 is 0. The van der Waals surface area contributed by atoms with Gasteiger partial charge in [0.25, 0.3) is 5.91 Å². The van der Waals surface area contributed by atoms with Gasteiger partial charge in [0.1, 0.15) is 0 Å². The lowest BCUT2D eigenvalue weighted by Crippen LogP contribution is -2.42. The smallest absolute Gasteiger partial charge is 0.251 e. The summed E-state index contributed by atoms with van der Waals surface area (Å²) in [5.74, 6) is 0.0186. The Balaban J connectivity index is 1.40. The molecule has 2 saturated heterocycles. The molecule has 4 N–H and O–H groups in total. The number of nitrogen functional groups attached to an aromatic ring is 1. The molecule has 2 aromatic carbocycles. The zero-order chi connectivity index (χ0) is 16.5. The van der Waals surface area contributed by atoms with Crippen LogP contribution in [-0.2, 0) is 0 Å². The third-order valence-corrected chi connectivity index (χ3v) is 5.98. The highest BCUT2D eigenvalue weighted by Crippen LogP contribution is 2.32. The van der Waals surface area contributed by atoms with Crippen LogP contribution in [0.2, 0.25) is 0 Å². The van der Waals surface area contributed by atoms with Gasteiger partial charge in [-0.2, -0.15) is 0 Å². The third-order valence-electron chi connectivity index (χ3n) is 4.88. The maximum Gasteiger partial charge on any atom is 0.251 e. The van der Waals surface area contributed by atoms with E-state index < -0.39 is 0 Å². The first-order chi connectivity index (χ1) is 11.7. The van der Waals surface area contributed by atoms with Crippen LogP contribution in [-0.4, -0.2) is 24.0 Å². The molecule has 3 unspecified atom stereocenters. The number of fused-ring (bicyclic) bond motifs is 2. The zero-order valence-corrected chi connectivity index (χ0v) is 14.2. The molecule has 2 bridgehead atoms.